The topological polar surface area (TPSA) is 79.0 Å². The van der Waals surface area contributed by atoms with Gasteiger partial charge in [0.15, 0.2) is 5.58 Å². The Balaban J connectivity index is 1.93. The maximum absolute atomic E-state index is 12.1. The largest absolute Gasteiger partial charge is 0.439 e. The second-order valence-electron chi connectivity index (χ2n) is 4.70. The first-order valence-corrected chi connectivity index (χ1v) is 6.58. The third-order valence-corrected chi connectivity index (χ3v) is 3.18. The summed E-state index contributed by atoms with van der Waals surface area (Å²) in [7, 11) is 0. The Morgan fingerprint density at radius 1 is 1.30 bits per heavy atom. The van der Waals surface area contributed by atoms with Crippen molar-refractivity contribution >= 4 is 16.8 Å². The molecular weight excluding hydrogens is 256 g/mol. The Morgan fingerprint density at radius 3 is 2.85 bits per heavy atom. The van der Waals surface area contributed by atoms with Crippen LogP contribution in [0.15, 0.2) is 39.8 Å². The van der Waals surface area contributed by atoms with Crippen LogP contribution in [0.4, 0.5) is 5.69 Å². The average molecular weight is 272 g/mol. The van der Waals surface area contributed by atoms with Crippen molar-refractivity contribution in [2.45, 2.75) is 26.4 Å². The second-order valence-corrected chi connectivity index (χ2v) is 4.70. The van der Waals surface area contributed by atoms with Gasteiger partial charge in [0.2, 0.25) is 5.89 Å². The van der Waals surface area contributed by atoms with Crippen molar-refractivity contribution in [2.75, 3.05) is 5.73 Å². The van der Waals surface area contributed by atoms with Gasteiger partial charge in [0.1, 0.15) is 12.1 Å². The molecule has 2 N–H and O–H groups in total. The number of fused-ring (bicyclic) bond motifs is 1. The van der Waals surface area contributed by atoms with E-state index in [-0.39, 0.29) is 5.69 Å². The molecule has 1 aromatic carbocycles. The number of aryl methyl sites for hydroxylation is 1. The Hall–Kier alpha value is -2.50. The number of nitrogens with zero attached hydrogens (tertiary/aromatic N) is 3. The summed E-state index contributed by atoms with van der Waals surface area (Å²) in [5.74, 6) is 0.481. The van der Waals surface area contributed by atoms with Gasteiger partial charge in [-0.1, -0.05) is 13.0 Å². The average Bonchev–Trinajstić information content (AvgIpc) is 2.98. The van der Waals surface area contributed by atoms with Gasteiger partial charge < -0.3 is 10.2 Å². The molecule has 0 aliphatic carbocycles. The highest BCUT2D eigenvalue weighted by Gasteiger charge is 2.10. The van der Waals surface area contributed by atoms with E-state index in [1.807, 2.05) is 19.1 Å². The fourth-order valence-corrected chi connectivity index (χ4v) is 2.21. The number of aromatic nitrogens is 3. The van der Waals surface area contributed by atoms with Crippen molar-refractivity contribution in [3.8, 4) is 0 Å². The van der Waals surface area contributed by atoms with Crippen molar-refractivity contribution in [1.29, 1.82) is 0 Å². The van der Waals surface area contributed by atoms with Gasteiger partial charge in [0.05, 0.1) is 5.69 Å². The van der Waals surface area contributed by atoms with Crippen molar-refractivity contribution < 1.29 is 4.42 Å². The van der Waals surface area contributed by atoms with Crippen LogP contribution in [0.5, 0.6) is 0 Å². The summed E-state index contributed by atoms with van der Waals surface area (Å²) >= 11 is 0. The number of oxazole rings is 1. The minimum absolute atomic E-state index is 0.0536. The number of hydrogen-bond donors (Lipinski definition) is 1. The van der Waals surface area contributed by atoms with Crippen LogP contribution in [0, 0.1) is 0 Å². The van der Waals surface area contributed by atoms with E-state index in [1.165, 1.54) is 0 Å². The minimum Gasteiger partial charge on any atom is -0.439 e. The number of hydrogen-bond acceptors (Lipinski definition) is 4. The number of benzene rings is 1. The van der Waals surface area contributed by atoms with Gasteiger partial charge in [0.25, 0.3) is 0 Å². The highest BCUT2D eigenvalue weighted by molar-refractivity contribution is 5.85. The van der Waals surface area contributed by atoms with Gasteiger partial charge in [-0.3, -0.25) is 9.13 Å². The van der Waals surface area contributed by atoms with Crippen molar-refractivity contribution in [3.05, 3.63) is 47.0 Å². The monoisotopic (exact) mass is 272 g/mol. The summed E-state index contributed by atoms with van der Waals surface area (Å²) in [4.78, 5) is 16.4. The first-order chi connectivity index (χ1) is 9.69. The van der Waals surface area contributed by atoms with E-state index in [2.05, 4.69) is 4.98 Å². The van der Waals surface area contributed by atoms with Crippen molar-refractivity contribution in [1.82, 2.24) is 14.1 Å². The maximum Gasteiger partial charge on any atom is 0.328 e. The lowest BCUT2D eigenvalue weighted by Gasteiger charge is -1.97. The molecule has 0 aliphatic heterocycles. The summed E-state index contributed by atoms with van der Waals surface area (Å²) in [5.41, 5.74) is 7.65. The van der Waals surface area contributed by atoms with Gasteiger partial charge in [0, 0.05) is 18.9 Å². The molecule has 6 nitrogen and oxygen atoms in total. The first kappa shape index (κ1) is 12.5. The molecule has 0 atom stereocenters. The highest BCUT2D eigenvalue weighted by atomic mass is 16.3. The van der Waals surface area contributed by atoms with E-state index >= 15 is 0 Å². The van der Waals surface area contributed by atoms with Crippen molar-refractivity contribution in [2.24, 2.45) is 0 Å². The molecule has 2 aromatic heterocycles. The molecule has 3 aromatic rings. The lowest BCUT2D eigenvalue weighted by Crippen LogP contribution is -2.24. The summed E-state index contributed by atoms with van der Waals surface area (Å²) in [6, 6.07) is 5.41. The number of rotatable bonds is 4. The van der Waals surface area contributed by atoms with Crippen LogP contribution < -0.4 is 11.4 Å². The Kier molecular flexibility index (Phi) is 3.06. The Labute approximate surface area is 115 Å². The lowest BCUT2D eigenvalue weighted by atomic mass is 10.3. The van der Waals surface area contributed by atoms with Gasteiger partial charge in [-0.05, 0) is 18.6 Å². The predicted octanol–water partition coefficient (Wildman–Crippen LogP) is 1.83. The quantitative estimate of drug-likeness (QED) is 0.735. The number of nitrogens with two attached hydrogens (primary N) is 1. The number of para-hydroxylation sites is 1. The molecule has 0 unspecified atom stereocenters. The van der Waals surface area contributed by atoms with Crippen LogP contribution in [0.2, 0.25) is 0 Å². The molecule has 0 saturated carbocycles. The van der Waals surface area contributed by atoms with Crippen LogP contribution in [0.25, 0.3) is 11.1 Å². The maximum atomic E-state index is 12.1. The van der Waals surface area contributed by atoms with E-state index in [9.17, 15) is 4.79 Å². The van der Waals surface area contributed by atoms with Crippen LogP contribution in [0.3, 0.4) is 0 Å². The number of anilines is 1. The summed E-state index contributed by atoms with van der Waals surface area (Å²) < 4.78 is 8.87. The van der Waals surface area contributed by atoms with E-state index in [0.717, 1.165) is 6.42 Å². The molecule has 0 bridgehead atoms. The van der Waals surface area contributed by atoms with E-state index in [1.54, 1.807) is 27.6 Å². The van der Waals surface area contributed by atoms with Crippen LogP contribution in [-0.2, 0) is 13.1 Å². The third kappa shape index (κ3) is 2.09. The Bertz CT molecular complexity index is 797. The minimum atomic E-state index is -0.0536. The highest BCUT2D eigenvalue weighted by Crippen LogP contribution is 2.21. The zero-order chi connectivity index (χ0) is 14.1. The van der Waals surface area contributed by atoms with Gasteiger partial charge in [-0.2, -0.15) is 0 Å². The van der Waals surface area contributed by atoms with Gasteiger partial charge in [-0.15, -0.1) is 0 Å². The SMILES string of the molecule is CCCn1ccn(Cc2nc3c(N)cccc3o2)c1=O. The standard InChI is InChI=1S/C14H16N4O2/c1-2-6-17-7-8-18(14(17)19)9-12-16-13-10(15)4-3-5-11(13)20-12/h3-5,7-8H,2,6,9,15H2,1H3. The molecule has 3 rings (SSSR count). The molecule has 20 heavy (non-hydrogen) atoms. The zero-order valence-corrected chi connectivity index (χ0v) is 11.2. The molecule has 0 saturated heterocycles. The Morgan fingerprint density at radius 2 is 2.10 bits per heavy atom. The molecule has 0 fully saturated rings. The predicted molar refractivity (Wildman–Crippen MR) is 76.5 cm³/mol. The van der Waals surface area contributed by atoms with E-state index < -0.39 is 0 Å². The fraction of sp³-hybridized carbons (Fsp3) is 0.286. The molecule has 0 spiro atoms. The molecule has 0 amide bonds. The van der Waals surface area contributed by atoms with Gasteiger partial charge >= 0.3 is 5.69 Å². The van der Waals surface area contributed by atoms with Crippen LogP contribution in [0.1, 0.15) is 19.2 Å². The lowest BCUT2D eigenvalue weighted by molar-refractivity contribution is 0.499. The summed E-state index contributed by atoms with van der Waals surface area (Å²) in [5, 5.41) is 0. The molecule has 6 heteroatoms. The fourth-order valence-electron chi connectivity index (χ4n) is 2.21. The molecule has 0 aliphatic rings. The van der Waals surface area contributed by atoms with Crippen LogP contribution >= 0.6 is 0 Å². The van der Waals surface area contributed by atoms with Crippen LogP contribution in [-0.4, -0.2) is 14.1 Å². The van der Waals surface area contributed by atoms with Crippen molar-refractivity contribution in [3.63, 3.8) is 0 Å². The summed E-state index contributed by atoms with van der Waals surface area (Å²) in [6.07, 6.45) is 4.45. The molecule has 0 radical (unpaired) electrons. The van der Waals surface area contributed by atoms with E-state index in [4.69, 9.17) is 10.2 Å². The molecule has 2 heterocycles. The normalized spacial score (nSPS) is 11.2. The zero-order valence-electron chi connectivity index (χ0n) is 11.2. The summed E-state index contributed by atoms with van der Waals surface area (Å²) in [6.45, 7) is 3.06. The van der Waals surface area contributed by atoms with E-state index in [0.29, 0.717) is 35.8 Å². The second kappa shape index (κ2) is 4.88. The first-order valence-electron chi connectivity index (χ1n) is 6.58. The smallest absolute Gasteiger partial charge is 0.328 e. The van der Waals surface area contributed by atoms with Gasteiger partial charge in [-0.25, -0.2) is 9.78 Å². The number of nitrogen functional groups attached to an aromatic ring is 1. The molecule has 104 valence electrons. The third-order valence-electron chi connectivity index (χ3n) is 3.18. The number of imidazole rings is 1. The molecular formula is C14H16N4O2.